The molecule has 0 spiro atoms. The number of nitrogens with one attached hydrogen (secondary N) is 2. The van der Waals surface area contributed by atoms with E-state index in [4.69, 9.17) is 0 Å². The molecule has 24 heavy (non-hydrogen) atoms. The molecule has 1 aliphatic rings. The molecule has 5 heteroatoms. The van der Waals surface area contributed by atoms with Gasteiger partial charge < -0.3 is 10.2 Å². The largest absolute Gasteiger partial charge is 0.369 e. The molecule has 1 saturated heterocycles. The third kappa shape index (κ3) is 4.16. The normalized spacial score (nSPS) is 15.9. The molecule has 1 aliphatic heterocycles. The van der Waals surface area contributed by atoms with Gasteiger partial charge >= 0.3 is 0 Å². The van der Waals surface area contributed by atoms with Gasteiger partial charge in [0.05, 0.1) is 5.69 Å². The van der Waals surface area contributed by atoms with Crippen molar-refractivity contribution >= 4 is 5.69 Å². The van der Waals surface area contributed by atoms with Crippen molar-refractivity contribution in [3.05, 3.63) is 46.8 Å². The predicted octanol–water partition coefficient (Wildman–Crippen LogP) is 2.25. The Morgan fingerprint density at radius 2 is 1.92 bits per heavy atom. The highest BCUT2D eigenvalue weighted by Gasteiger charge is 2.16. The van der Waals surface area contributed by atoms with Crippen LogP contribution in [0.2, 0.25) is 0 Å². The maximum absolute atomic E-state index is 4.25. The van der Waals surface area contributed by atoms with Crippen molar-refractivity contribution in [2.24, 2.45) is 0 Å². The maximum Gasteiger partial charge on any atom is 0.0638 e. The first-order valence-corrected chi connectivity index (χ1v) is 8.88. The summed E-state index contributed by atoms with van der Waals surface area (Å²) in [6.45, 7) is 13.8. The number of hydrogen-bond acceptors (Lipinski definition) is 4. The van der Waals surface area contributed by atoms with Gasteiger partial charge in [0.2, 0.25) is 0 Å². The molecule has 3 rings (SSSR count). The van der Waals surface area contributed by atoms with Gasteiger partial charge in [0, 0.05) is 62.8 Å². The van der Waals surface area contributed by atoms with E-state index < -0.39 is 0 Å². The Labute approximate surface area is 145 Å². The average molecular weight is 327 g/mol. The summed E-state index contributed by atoms with van der Waals surface area (Å²) in [6, 6.07) is 8.82. The molecule has 0 radical (unpaired) electrons. The summed E-state index contributed by atoms with van der Waals surface area (Å²) < 4.78 is 0. The molecule has 0 amide bonds. The summed E-state index contributed by atoms with van der Waals surface area (Å²) in [4.78, 5) is 5.05. The molecule has 0 atom stereocenters. The predicted molar refractivity (Wildman–Crippen MR) is 99.6 cm³/mol. The lowest BCUT2D eigenvalue weighted by atomic mass is 10.2. The van der Waals surface area contributed by atoms with Crippen LogP contribution >= 0.6 is 0 Å². The van der Waals surface area contributed by atoms with Gasteiger partial charge in [0.1, 0.15) is 0 Å². The zero-order chi connectivity index (χ0) is 16.9. The number of nitrogens with zero attached hydrogens (tertiary/aromatic N) is 3. The second-order valence-electron chi connectivity index (χ2n) is 6.76. The first-order valence-electron chi connectivity index (χ1n) is 8.88. The maximum atomic E-state index is 4.25. The lowest BCUT2D eigenvalue weighted by molar-refractivity contribution is 0.257. The van der Waals surface area contributed by atoms with Crippen LogP contribution in [0.5, 0.6) is 0 Å². The molecule has 2 heterocycles. The molecule has 1 aromatic heterocycles. The number of anilines is 1. The van der Waals surface area contributed by atoms with Crippen molar-refractivity contribution < 1.29 is 0 Å². The number of piperazine rings is 1. The van der Waals surface area contributed by atoms with Crippen LogP contribution in [-0.4, -0.2) is 54.4 Å². The van der Waals surface area contributed by atoms with Gasteiger partial charge in [0.25, 0.3) is 0 Å². The molecular weight excluding hydrogens is 298 g/mol. The van der Waals surface area contributed by atoms with Gasteiger partial charge in [-0.2, -0.15) is 5.10 Å². The Morgan fingerprint density at radius 1 is 1.12 bits per heavy atom. The Kier molecular flexibility index (Phi) is 5.53. The fourth-order valence-corrected chi connectivity index (χ4v) is 3.34. The first kappa shape index (κ1) is 17.0. The van der Waals surface area contributed by atoms with Crippen molar-refractivity contribution in [3.8, 4) is 0 Å². The molecule has 2 aromatic rings. The molecule has 1 fully saturated rings. The van der Waals surface area contributed by atoms with Crippen LogP contribution in [0.4, 0.5) is 5.69 Å². The van der Waals surface area contributed by atoms with Crippen LogP contribution in [0, 0.1) is 20.8 Å². The zero-order valence-electron chi connectivity index (χ0n) is 15.1. The Morgan fingerprint density at radius 3 is 2.58 bits per heavy atom. The summed E-state index contributed by atoms with van der Waals surface area (Å²) in [5.41, 5.74) is 6.28. The van der Waals surface area contributed by atoms with Gasteiger partial charge in [-0.1, -0.05) is 12.1 Å². The van der Waals surface area contributed by atoms with Crippen molar-refractivity contribution in [1.29, 1.82) is 0 Å². The minimum absolute atomic E-state index is 0.900. The molecule has 2 N–H and O–H groups in total. The Bertz CT molecular complexity index is 636. The monoisotopic (exact) mass is 327 g/mol. The number of H-pyrrole nitrogens is 1. The van der Waals surface area contributed by atoms with Gasteiger partial charge in [-0.15, -0.1) is 0 Å². The van der Waals surface area contributed by atoms with Crippen LogP contribution in [0.1, 0.15) is 22.5 Å². The van der Waals surface area contributed by atoms with E-state index >= 15 is 0 Å². The van der Waals surface area contributed by atoms with Crippen LogP contribution in [-0.2, 0) is 6.54 Å². The van der Waals surface area contributed by atoms with E-state index in [0.29, 0.717) is 0 Å². The third-order valence-corrected chi connectivity index (χ3v) is 4.93. The van der Waals surface area contributed by atoms with E-state index in [9.17, 15) is 0 Å². The highest BCUT2D eigenvalue weighted by atomic mass is 15.3. The first-order chi connectivity index (χ1) is 11.6. The molecule has 0 aliphatic carbocycles. The minimum Gasteiger partial charge on any atom is -0.369 e. The highest BCUT2D eigenvalue weighted by molar-refractivity contribution is 5.48. The van der Waals surface area contributed by atoms with Crippen LogP contribution < -0.4 is 10.2 Å². The fraction of sp³-hybridized carbons (Fsp3) is 0.526. The summed E-state index contributed by atoms with van der Waals surface area (Å²) in [5.74, 6) is 0. The quantitative estimate of drug-likeness (QED) is 0.799. The van der Waals surface area contributed by atoms with Crippen molar-refractivity contribution in [2.75, 3.05) is 44.2 Å². The molecule has 5 nitrogen and oxygen atoms in total. The van der Waals surface area contributed by atoms with Crippen molar-refractivity contribution in [3.63, 3.8) is 0 Å². The minimum atomic E-state index is 0.900. The van der Waals surface area contributed by atoms with E-state index in [-0.39, 0.29) is 0 Å². The second kappa shape index (κ2) is 7.81. The van der Waals surface area contributed by atoms with E-state index in [2.05, 4.69) is 70.4 Å². The summed E-state index contributed by atoms with van der Waals surface area (Å²) in [6.07, 6.45) is 0. The van der Waals surface area contributed by atoms with Gasteiger partial charge in [-0.05, 0) is 38.5 Å². The summed E-state index contributed by atoms with van der Waals surface area (Å²) in [7, 11) is 0. The SMILES string of the molecule is Cc1cccc(N2CCN(CCNCc3c(C)n[nH]c3C)CC2)c1. The van der Waals surface area contributed by atoms with Crippen molar-refractivity contribution in [2.45, 2.75) is 27.3 Å². The molecule has 0 saturated carbocycles. The molecule has 0 bridgehead atoms. The summed E-state index contributed by atoms with van der Waals surface area (Å²) in [5, 5.41) is 10.8. The van der Waals surface area contributed by atoms with Crippen LogP contribution in [0.3, 0.4) is 0 Å². The van der Waals surface area contributed by atoms with E-state index in [0.717, 1.165) is 51.5 Å². The number of hydrogen-bond donors (Lipinski definition) is 2. The van der Waals surface area contributed by atoms with Gasteiger partial charge in [0.15, 0.2) is 0 Å². The van der Waals surface area contributed by atoms with E-state index in [1.807, 2.05) is 0 Å². The molecule has 130 valence electrons. The number of aromatic nitrogens is 2. The van der Waals surface area contributed by atoms with Crippen LogP contribution in [0.25, 0.3) is 0 Å². The third-order valence-electron chi connectivity index (χ3n) is 4.93. The number of benzene rings is 1. The zero-order valence-corrected chi connectivity index (χ0v) is 15.1. The Hall–Kier alpha value is -1.85. The lowest BCUT2D eigenvalue weighted by Gasteiger charge is -2.36. The van der Waals surface area contributed by atoms with Crippen LogP contribution in [0.15, 0.2) is 24.3 Å². The lowest BCUT2D eigenvalue weighted by Crippen LogP contribution is -2.48. The topological polar surface area (TPSA) is 47.2 Å². The second-order valence-corrected chi connectivity index (χ2v) is 6.76. The molecular formula is C19H29N5. The number of aryl methyl sites for hydroxylation is 3. The highest BCUT2D eigenvalue weighted by Crippen LogP contribution is 2.17. The summed E-state index contributed by atoms with van der Waals surface area (Å²) >= 11 is 0. The fourth-order valence-electron chi connectivity index (χ4n) is 3.34. The van der Waals surface area contributed by atoms with E-state index in [1.165, 1.54) is 22.5 Å². The Balaban J connectivity index is 1.38. The molecule has 0 unspecified atom stereocenters. The standard InChI is InChI=1S/C19H29N5/c1-15-5-4-6-18(13-15)24-11-9-23(10-12-24)8-7-20-14-19-16(2)21-22-17(19)3/h4-6,13,20H,7-12,14H2,1-3H3,(H,21,22). The van der Waals surface area contributed by atoms with Crippen molar-refractivity contribution in [1.82, 2.24) is 20.4 Å². The molecule has 1 aromatic carbocycles. The van der Waals surface area contributed by atoms with Gasteiger partial charge in [-0.3, -0.25) is 10.00 Å². The van der Waals surface area contributed by atoms with Gasteiger partial charge in [-0.25, -0.2) is 0 Å². The van der Waals surface area contributed by atoms with E-state index in [1.54, 1.807) is 0 Å². The average Bonchev–Trinajstić information content (AvgIpc) is 2.91. The number of rotatable bonds is 6. The smallest absolute Gasteiger partial charge is 0.0638 e. The number of aromatic amines is 1.